The van der Waals surface area contributed by atoms with E-state index in [1.165, 1.54) is 0 Å². The average Bonchev–Trinajstić information content (AvgIpc) is 3.33. The second-order valence-electron chi connectivity index (χ2n) is 8.19. The van der Waals surface area contributed by atoms with Crippen LogP contribution in [0.5, 0.6) is 0 Å². The van der Waals surface area contributed by atoms with E-state index in [2.05, 4.69) is 10.6 Å². The number of para-hydroxylation sites is 1. The van der Waals surface area contributed by atoms with Crippen LogP contribution in [0.3, 0.4) is 0 Å². The number of nitrogens with zero attached hydrogens (tertiary/aromatic N) is 1. The van der Waals surface area contributed by atoms with Crippen LogP contribution in [-0.2, 0) is 14.4 Å². The van der Waals surface area contributed by atoms with Crippen LogP contribution in [0.2, 0.25) is 0 Å². The second-order valence-corrected chi connectivity index (χ2v) is 8.19. The zero-order valence-electron chi connectivity index (χ0n) is 16.2. The van der Waals surface area contributed by atoms with Gasteiger partial charge < -0.3 is 15.5 Å². The van der Waals surface area contributed by atoms with Crippen molar-refractivity contribution < 1.29 is 14.4 Å². The van der Waals surface area contributed by atoms with Crippen molar-refractivity contribution in [1.29, 1.82) is 0 Å². The minimum atomic E-state index is -0.837. The Kier molecular flexibility index (Phi) is 5.95. The molecule has 1 aromatic rings. The van der Waals surface area contributed by atoms with E-state index in [0.29, 0.717) is 18.7 Å². The standard InChI is InChI=1S/C21H29N3O3/c1-21(2,20(27)23-15-8-4-3-5-9-15)14-18(25)17-11-7-13-24(17)19(26)16-10-6-12-22-16/h3-5,8-9,16-17,22H,6-7,10-14H2,1-2H3,(H,23,27)/t16-,17?/m1/s1. The van der Waals surface area contributed by atoms with Gasteiger partial charge >= 0.3 is 0 Å². The fourth-order valence-electron chi connectivity index (χ4n) is 3.92. The first-order chi connectivity index (χ1) is 12.9. The molecule has 2 saturated heterocycles. The molecule has 0 bridgehead atoms. The van der Waals surface area contributed by atoms with Crippen LogP contribution in [-0.4, -0.2) is 47.7 Å². The van der Waals surface area contributed by atoms with Gasteiger partial charge in [0.25, 0.3) is 0 Å². The minimum absolute atomic E-state index is 0.0212. The fraction of sp³-hybridized carbons (Fsp3) is 0.571. The zero-order valence-corrected chi connectivity index (χ0v) is 16.2. The number of nitrogens with one attached hydrogen (secondary N) is 2. The van der Waals surface area contributed by atoms with Gasteiger partial charge in [0.15, 0.2) is 5.78 Å². The molecule has 0 spiro atoms. The molecule has 2 heterocycles. The average molecular weight is 371 g/mol. The Morgan fingerprint density at radius 3 is 2.56 bits per heavy atom. The third-order valence-corrected chi connectivity index (χ3v) is 5.53. The number of hydrogen-bond donors (Lipinski definition) is 2. The van der Waals surface area contributed by atoms with Gasteiger partial charge in [0.1, 0.15) is 0 Å². The van der Waals surface area contributed by atoms with Crippen LogP contribution in [0.1, 0.15) is 46.0 Å². The van der Waals surface area contributed by atoms with E-state index in [1.54, 1.807) is 18.7 Å². The Balaban J connectivity index is 1.62. The predicted molar refractivity (Wildman–Crippen MR) is 104 cm³/mol. The predicted octanol–water partition coefficient (Wildman–Crippen LogP) is 2.35. The molecule has 2 aliphatic rings. The van der Waals surface area contributed by atoms with Gasteiger partial charge in [-0.15, -0.1) is 0 Å². The third-order valence-electron chi connectivity index (χ3n) is 5.53. The second kappa shape index (κ2) is 8.21. The van der Waals surface area contributed by atoms with Crippen LogP contribution in [0.25, 0.3) is 0 Å². The van der Waals surface area contributed by atoms with Gasteiger partial charge in [-0.05, 0) is 44.4 Å². The molecule has 3 rings (SSSR count). The number of hydrogen-bond acceptors (Lipinski definition) is 4. The Labute approximate surface area is 160 Å². The number of carbonyl (C=O) groups excluding carboxylic acids is 3. The number of carbonyl (C=O) groups is 3. The lowest BCUT2D eigenvalue weighted by molar-refractivity contribution is -0.140. The van der Waals surface area contributed by atoms with Gasteiger partial charge in [-0.3, -0.25) is 14.4 Å². The molecule has 1 unspecified atom stereocenters. The molecule has 6 heteroatoms. The molecule has 0 radical (unpaired) electrons. The molecule has 27 heavy (non-hydrogen) atoms. The zero-order chi connectivity index (χ0) is 19.4. The lowest BCUT2D eigenvalue weighted by Gasteiger charge is -2.29. The Morgan fingerprint density at radius 1 is 1.15 bits per heavy atom. The van der Waals surface area contributed by atoms with E-state index in [0.717, 1.165) is 25.8 Å². The highest BCUT2D eigenvalue weighted by Gasteiger charge is 2.40. The summed E-state index contributed by atoms with van der Waals surface area (Å²) in [4.78, 5) is 40.1. The molecule has 2 aliphatic heterocycles. The summed E-state index contributed by atoms with van der Waals surface area (Å²) in [5.74, 6) is -0.169. The summed E-state index contributed by atoms with van der Waals surface area (Å²) in [6.45, 7) is 5.05. The van der Waals surface area contributed by atoms with Crippen LogP contribution in [0.15, 0.2) is 30.3 Å². The molecule has 6 nitrogen and oxygen atoms in total. The summed E-state index contributed by atoms with van der Waals surface area (Å²) in [5.41, 5.74) is -0.122. The highest BCUT2D eigenvalue weighted by Crippen LogP contribution is 2.28. The first kappa shape index (κ1) is 19.5. The summed E-state index contributed by atoms with van der Waals surface area (Å²) < 4.78 is 0. The monoisotopic (exact) mass is 371 g/mol. The molecule has 2 fully saturated rings. The summed E-state index contributed by atoms with van der Waals surface area (Å²) in [7, 11) is 0. The SMILES string of the molecule is CC(C)(CC(=O)C1CCCN1C(=O)[C@H]1CCCN1)C(=O)Nc1ccccc1. The first-order valence-corrected chi connectivity index (χ1v) is 9.81. The van der Waals surface area contributed by atoms with Crippen molar-refractivity contribution in [1.82, 2.24) is 10.2 Å². The van der Waals surface area contributed by atoms with Crippen molar-refractivity contribution >= 4 is 23.3 Å². The van der Waals surface area contributed by atoms with E-state index in [9.17, 15) is 14.4 Å². The summed E-state index contributed by atoms with van der Waals surface area (Å²) in [5, 5.41) is 6.10. The molecule has 0 saturated carbocycles. The van der Waals surface area contributed by atoms with Crippen LogP contribution >= 0.6 is 0 Å². The Bertz CT molecular complexity index is 696. The van der Waals surface area contributed by atoms with Gasteiger partial charge in [0.05, 0.1) is 17.5 Å². The number of ketones is 1. The molecule has 0 aromatic heterocycles. The molecule has 2 atom stereocenters. The highest BCUT2D eigenvalue weighted by molar-refractivity contribution is 5.99. The maximum absolute atomic E-state index is 13.0. The van der Waals surface area contributed by atoms with Crippen molar-refractivity contribution in [3.8, 4) is 0 Å². The van der Waals surface area contributed by atoms with Crippen molar-refractivity contribution in [2.24, 2.45) is 5.41 Å². The topological polar surface area (TPSA) is 78.5 Å². The molecule has 1 aromatic carbocycles. The smallest absolute Gasteiger partial charge is 0.240 e. The summed E-state index contributed by atoms with van der Waals surface area (Å²) in [6.07, 6.45) is 3.48. The highest BCUT2D eigenvalue weighted by atomic mass is 16.2. The largest absolute Gasteiger partial charge is 0.331 e. The summed E-state index contributed by atoms with van der Waals surface area (Å²) in [6, 6.07) is 8.68. The number of anilines is 1. The van der Waals surface area contributed by atoms with E-state index < -0.39 is 11.5 Å². The number of rotatable bonds is 6. The van der Waals surface area contributed by atoms with Gasteiger partial charge in [-0.2, -0.15) is 0 Å². The summed E-state index contributed by atoms with van der Waals surface area (Å²) >= 11 is 0. The van der Waals surface area contributed by atoms with Gasteiger partial charge in [-0.1, -0.05) is 32.0 Å². The van der Waals surface area contributed by atoms with Crippen molar-refractivity contribution in [3.63, 3.8) is 0 Å². The first-order valence-electron chi connectivity index (χ1n) is 9.81. The molecular formula is C21H29N3O3. The van der Waals surface area contributed by atoms with Crippen LogP contribution in [0.4, 0.5) is 5.69 Å². The fourth-order valence-corrected chi connectivity index (χ4v) is 3.92. The van der Waals surface area contributed by atoms with E-state index in [4.69, 9.17) is 0 Å². The van der Waals surface area contributed by atoms with Gasteiger partial charge in [0.2, 0.25) is 11.8 Å². The Morgan fingerprint density at radius 2 is 1.89 bits per heavy atom. The van der Waals surface area contributed by atoms with Crippen molar-refractivity contribution in [2.75, 3.05) is 18.4 Å². The third kappa shape index (κ3) is 4.56. The molecule has 0 aliphatic carbocycles. The number of likely N-dealkylation sites (tertiary alicyclic amines) is 1. The van der Waals surface area contributed by atoms with Crippen molar-refractivity contribution in [3.05, 3.63) is 30.3 Å². The van der Waals surface area contributed by atoms with Crippen LogP contribution in [0, 0.1) is 5.41 Å². The van der Waals surface area contributed by atoms with Crippen molar-refractivity contribution in [2.45, 2.75) is 58.0 Å². The maximum Gasteiger partial charge on any atom is 0.240 e. The van der Waals surface area contributed by atoms with E-state index in [1.807, 2.05) is 30.3 Å². The molecule has 2 N–H and O–H groups in total. The minimum Gasteiger partial charge on any atom is -0.331 e. The van der Waals surface area contributed by atoms with E-state index >= 15 is 0 Å². The normalized spacial score (nSPS) is 22.7. The number of benzene rings is 1. The van der Waals surface area contributed by atoms with Gasteiger partial charge in [-0.25, -0.2) is 0 Å². The molecule has 146 valence electrons. The van der Waals surface area contributed by atoms with E-state index in [-0.39, 0.29) is 30.1 Å². The Hall–Kier alpha value is -2.21. The number of amides is 2. The lowest BCUT2D eigenvalue weighted by atomic mass is 9.84. The molecule has 2 amide bonds. The maximum atomic E-state index is 13.0. The molecular weight excluding hydrogens is 342 g/mol. The van der Waals surface area contributed by atoms with Crippen LogP contribution < -0.4 is 10.6 Å². The quantitative estimate of drug-likeness (QED) is 0.805. The van der Waals surface area contributed by atoms with Gasteiger partial charge in [0, 0.05) is 18.7 Å². The lowest BCUT2D eigenvalue weighted by Crippen LogP contribution is -2.49. The number of Topliss-reactive ketones (excluding diaryl/α,β-unsaturated/α-hetero) is 1.